The van der Waals surface area contributed by atoms with E-state index in [0.717, 1.165) is 41.0 Å². The van der Waals surface area contributed by atoms with Crippen LogP contribution in [0.15, 0.2) is 121 Å². The van der Waals surface area contributed by atoms with Crippen molar-refractivity contribution in [2.45, 2.75) is 114 Å². The summed E-state index contributed by atoms with van der Waals surface area (Å²) in [5.74, 6) is 0.255. The second kappa shape index (κ2) is 25.6. The average Bonchev–Trinajstić information content (AvgIpc) is 3.11. The number of hydrogen-bond donors (Lipinski definition) is 0. The molecule has 0 heterocycles. The van der Waals surface area contributed by atoms with Crippen LogP contribution in [0.1, 0.15) is 107 Å². The molecule has 4 aromatic rings. The number of hydrogen-bond acceptors (Lipinski definition) is 0. The Hall–Kier alpha value is -2.29. The molecule has 6 rings (SSSR count). The molecule has 2 saturated carbocycles. The summed E-state index contributed by atoms with van der Waals surface area (Å²) < 4.78 is 0. The van der Waals surface area contributed by atoms with Gasteiger partial charge in [0.15, 0.2) is 0 Å². The van der Waals surface area contributed by atoms with Crippen molar-refractivity contribution < 1.29 is 25.8 Å². The number of rotatable bonds is 8. The predicted molar refractivity (Wildman–Crippen MR) is 219 cm³/mol. The van der Waals surface area contributed by atoms with Crippen molar-refractivity contribution >= 4 is 7.92 Å². The van der Waals surface area contributed by atoms with Crippen LogP contribution in [-0.4, -0.2) is 29.3 Å². The molecular formula is C46H62HfN2P-5. The van der Waals surface area contributed by atoms with E-state index in [-0.39, 0.29) is 45.2 Å². The minimum atomic E-state index is -0.139. The molecule has 1 atom stereocenters. The zero-order chi connectivity index (χ0) is 35.2. The van der Waals surface area contributed by atoms with Gasteiger partial charge in [-0.15, -0.1) is 56.4 Å². The standard InChI is InChI=1S/C25H41N2P.3C7H7.Hf/c1-25(2,3)27-24(26-20-19-21-13-7-4-8-14-21)28(22-15-9-5-10-16-22)23-17-11-6-12-18-23;3*1-7-5-3-2-4-6-7;/h4,7-8,13-14,22-24H,5-6,9-12,15-20H2,1-3H3;3*2-6H,1H2;/q-2;3*-1;. The Morgan fingerprint density at radius 3 is 1.20 bits per heavy atom. The third-order valence-corrected chi connectivity index (χ3v) is 12.4. The smallest absolute Gasteiger partial charge is 0 e. The van der Waals surface area contributed by atoms with E-state index in [1.54, 1.807) is 0 Å². The Morgan fingerprint density at radius 1 is 0.560 bits per heavy atom. The van der Waals surface area contributed by atoms with Gasteiger partial charge in [-0.2, -0.15) is 73.9 Å². The average molecular weight is 852 g/mol. The molecule has 2 fully saturated rings. The normalized spacial score (nSPS) is 15.4. The van der Waals surface area contributed by atoms with Gasteiger partial charge >= 0.3 is 0 Å². The number of nitrogens with zero attached hydrogens (tertiary/aromatic N) is 2. The Balaban J connectivity index is 0.000000315. The molecule has 1 unspecified atom stereocenters. The van der Waals surface area contributed by atoms with Gasteiger partial charge in [0, 0.05) is 25.8 Å². The van der Waals surface area contributed by atoms with Crippen molar-refractivity contribution in [1.29, 1.82) is 0 Å². The van der Waals surface area contributed by atoms with Crippen molar-refractivity contribution in [2.24, 2.45) is 0 Å². The molecule has 0 aliphatic heterocycles. The quantitative estimate of drug-likeness (QED) is 0.0960. The maximum Gasteiger partial charge on any atom is 0 e. The van der Waals surface area contributed by atoms with Gasteiger partial charge in [-0.25, -0.2) is 5.91 Å². The largest absolute Gasteiger partial charge is 0.674 e. The summed E-state index contributed by atoms with van der Waals surface area (Å²) in [4.78, 5) is 0. The fraction of sp³-hybridized carbons (Fsp3) is 0.413. The summed E-state index contributed by atoms with van der Waals surface area (Å²) in [6.07, 6.45) is 15.4. The van der Waals surface area contributed by atoms with E-state index in [1.807, 2.05) is 91.0 Å². The van der Waals surface area contributed by atoms with Gasteiger partial charge in [0.2, 0.25) is 0 Å². The molecule has 0 bridgehead atoms. The van der Waals surface area contributed by atoms with Gasteiger partial charge in [0.05, 0.1) is 0 Å². The van der Waals surface area contributed by atoms with Gasteiger partial charge in [-0.3, -0.25) is 0 Å². The van der Waals surface area contributed by atoms with E-state index in [9.17, 15) is 0 Å². The van der Waals surface area contributed by atoms with Crippen LogP contribution in [0.25, 0.3) is 10.6 Å². The van der Waals surface area contributed by atoms with Crippen LogP contribution in [0, 0.1) is 20.8 Å². The Labute approximate surface area is 327 Å². The molecule has 0 radical (unpaired) electrons. The molecule has 0 N–H and O–H groups in total. The summed E-state index contributed by atoms with van der Waals surface area (Å²) in [5.41, 5.74) is 6.44. The van der Waals surface area contributed by atoms with Gasteiger partial charge < -0.3 is 10.6 Å². The third-order valence-electron chi connectivity index (χ3n) is 8.83. The molecular weight excluding hydrogens is 790 g/mol. The Kier molecular flexibility index (Phi) is 22.5. The first kappa shape index (κ1) is 43.9. The molecule has 0 spiro atoms. The van der Waals surface area contributed by atoms with Gasteiger partial charge in [0.1, 0.15) is 0 Å². The first-order valence-corrected chi connectivity index (χ1v) is 20.1. The zero-order valence-corrected chi connectivity index (χ0v) is 35.7. The second-order valence-corrected chi connectivity index (χ2v) is 17.1. The van der Waals surface area contributed by atoms with Crippen LogP contribution >= 0.6 is 7.92 Å². The van der Waals surface area contributed by atoms with Crippen LogP contribution in [0.4, 0.5) is 0 Å². The summed E-state index contributed by atoms with van der Waals surface area (Å²) in [6, 6.07) is 40.5. The van der Waals surface area contributed by atoms with E-state index in [1.165, 1.54) is 69.8 Å². The zero-order valence-electron chi connectivity index (χ0n) is 31.2. The second-order valence-electron chi connectivity index (χ2n) is 14.3. The van der Waals surface area contributed by atoms with E-state index in [4.69, 9.17) is 10.6 Å². The molecule has 270 valence electrons. The minimum absolute atomic E-state index is 0. The van der Waals surface area contributed by atoms with Crippen molar-refractivity contribution in [3.63, 3.8) is 0 Å². The summed E-state index contributed by atoms with van der Waals surface area (Å²) in [6.45, 7) is 18.9. The van der Waals surface area contributed by atoms with Gasteiger partial charge in [-0.05, 0) is 49.0 Å². The van der Waals surface area contributed by atoms with Gasteiger partial charge in [0.25, 0.3) is 0 Å². The maximum absolute atomic E-state index is 5.35. The topological polar surface area (TPSA) is 28.2 Å². The molecule has 4 heteroatoms. The fourth-order valence-corrected chi connectivity index (χ4v) is 10.4. The molecule has 0 amide bonds. The molecule has 50 heavy (non-hydrogen) atoms. The monoisotopic (exact) mass is 853 g/mol. The summed E-state index contributed by atoms with van der Waals surface area (Å²) in [7, 11) is -0.139. The predicted octanol–water partition coefficient (Wildman–Crippen LogP) is 13.8. The van der Waals surface area contributed by atoms with Crippen molar-refractivity contribution in [1.82, 2.24) is 0 Å². The SMILES string of the molecule is CC(C)(C)[N-]C([N-]CCc1ccccc1)P(C1CCCCC1)C1CCCCC1.[CH2-]c1ccccc1.[CH2-]c1ccccc1.[CH2-]c1ccccc1.[Hf]. The fourth-order valence-electron chi connectivity index (χ4n) is 6.37. The van der Waals surface area contributed by atoms with Crippen molar-refractivity contribution in [3.8, 4) is 0 Å². The first-order chi connectivity index (χ1) is 23.7. The van der Waals surface area contributed by atoms with E-state index >= 15 is 0 Å². The molecule has 2 aliphatic carbocycles. The Morgan fingerprint density at radius 2 is 0.900 bits per heavy atom. The molecule has 0 saturated heterocycles. The first-order valence-electron chi connectivity index (χ1n) is 18.5. The maximum atomic E-state index is 5.35. The molecule has 2 nitrogen and oxygen atoms in total. The number of benzene rings is 4. The van der Waals surface area contributed by atoms with E-state index in [0.29, 0.717) is 0 Å². The summed E-state index contributed by atoms with van der Waals surface area (Å²) >= 11 is 0. The minimum Gasteiger partial charge on any atom is -0.674 e. The molecule has 2 aliphatic rings. The van der Waals surface area contributed by atoms with Crippen LogP contribution in [0.2, 0.25) is 0 Å². The van der Waals surface area contributed by atoms with Crippen LogP contribution < -0.4 is 0 Å². The van der Waals surface area contributed by atoms with Crippen molar-refractivity contribution in [2.75, 3.05) is 6.54 Å². The molecule has 4 aromatic carbocycles. The van der Waals surface area contributed by atoms with Crippen molar-refractivity contribution in [3.05, 3.63) is 175 Å². The van der Waals surface area contributed by atoms with Crippen LogP contribution in [-0.2, 0) is 32.3 Å². The van der Waals surface area contributed by atoms with Crippen LogP contribution in [0.5, 0.6) is 0 Å². The Bertz CT molecular complexity index is 1230. The van der Waals surface area contributed by atoms with Gasteiger partial charge in [-0.1, -0.05) is 108 Å². The third kappa shape index (κ3) is 19.4. The summed E-state index contributed by atoms with van der Waals surface area (Å²) in [5, 5.41) is 10.7. The van der Waals surface area contributed by atoms with Crippen LogP contribution in [0.3, 0.4) is 0 Å². The van der Waals surface area contributed by atoms with E-state index < -0.39 is 0 Å². The molecule has 0 aromatic heterocycles. The van der Waals surface area contributed by atoms with E-state index in [2.05, 4.69) is 71.9 Å².